The lowest BCUT2D eigenvalue weighted by Gasteiger charge is -2.22. The summed E-state index contributed by atoms with van der Waals surface area (Å²) in [6.07, 6.45) is 1.23. The maximum atomic E-state index is 13.4. The molecule has 0 amide bonds. The van der Waals surface area contributed by atoms with Crippen molar-refractivity contribution in [3.05, 3.63) is 29.6 Å². The van der Waals surface area contributed by atoms with E-state index in [1.807, 2.05) is 6.92 Å². The summed E-state index contributed by atoms with van der Waals surface area (Å²) >= 11 is 0. The number of sulfonamides is 1. The molecule has 1 aromatic carbocycles. The molecule has 19 heavy (non-hydrogen) atoms. The highest BCUT2D eigenvalue weighted by Crippen LogP contribution is 2.16. The molecule has 0 aromatic heterocycles. The van der Waals surface area contributed by atoms with Crippen molar-refractivity contribution in [3.63, 3.8) is 0 Å². The number of hydrogen-bond donors (Lipinski definition) is 2. The topological polar surface area (TPSA) is 66.4 Å². The van der Waals surface area contributed by atoms with Crippen LogP contribution in [0.4, 0.5) is 4.39 Å². The number of benzene rings is 1. The molecule has 1 unspecified atom stereocenters. The largest absolute Gasteiger partial charge is 0.389 e. The predicted molar refractivity (Wildman–Crippen MR) is 71.9 cm³/mol. The second-order valence-electron chi connectivity index (χ2n) is 4.98. The highest BCUT2D eigenvalue weighted by molar-refractivity contribution is 7.89. The molecular weight excluding hydrogens is 269 g/mol. The molecule has 0 heterocycles. The quantitative estimate of drug-likeness (QED) is 0.841. The van der Waals surface area contributed by atoms with Gasteiger partial charge in [0.2, 0.25) is 10.0 Å². The number of halogens is 1. The molecule has 4 nitrogen and oxygen atoms in total. The van der Waals surface area contributed by atoms with Gasteiger partial charge in [0.15, 0.2) is 0 Å². The maximum absolute atomic E-state index is 13.4. The molecule has 1 aromatic rings. The summed E-state index contributed by atoms with van der Waals surface area (Å²) in [7, 11) is -3.80. The number of hydrogen-bond acceptors (Lipinski definition) is 3. The van der Waals surface area contributed by atoms with E-state index >= 15 is 0 Å². The van der Waals surface area contributed by atoms with Gasteiger partial charge in [-0.2, -0.15) is 0 Å². The molecule has 6 heteroatoms. The second kappa shape index (κ2) is 5.98. The lowest BCUT2D eigenvalue weighted by molar-refractivity contribution is 0.0554. The summed E-state index contributed by atoms with van der Waals surface area (Å²) in [6, 6.07) is 3.73. The minimum atomic E-state index is -3.80. The molecule has 0 aliphatic carbocycles. The molecule has 2 N–H and O–H groups in total. The Morgan fingerprint density at radius 3 is 2.58 bits per heavy atom. The first-order valence-electron chi connectivity index (χ1n) is 6.16. The average Bonchev–Trinajstić information content (AvgIpc) is 2.30. The van der Waals surface area contributed by atoms with Gasteiger partial charge in [-0.05, 0) is 38.0 Å². The van der Waals surface area contributed by atoms with E-state index in [1.54, 1.807) is 13.8 Å². The second-order valence-corrected chi connectivity index (χ2v) is 6.75. The van der Waals surface area contributed by atoms with Crippen LogP contribution in [0.25, 0.3) is 0 Å². The van der Waals surface area contributed by atoms with Crippen LogP contribution in [0, 0.1) is 12.7 Å². The third-order valence-corrected chi connectivity index (χ3v) is 4.28. The summed E-state index contributed by atoms with van der Waals surface area (Å²) in [5, 5.41) is 9.92. The van der Waals surface area contributed by atoms with E-state index in [9.17, 15) is 17.9 Å². The summed E-state index contributed by atoms with van der Waals surface area (Å²) < 4.78 is 39.6. The lowest BCUT2D eigenvalue weighted by Crippen LogP contribution is -2.40. The Morgan fingerprint density at radius 1 is 1.42 bits per heavy atom. The Kier molecular flexibility index (Phi) is 5.06. The van der Waals surface area contributed by atoms with Gasteiger partial charge in [0.1, 0.15) is 5.82 Å². The zero-order chi connectivity index (χ0) is 14.7. The van der Waals surface area contributed by atoms with Crippen molar-refractivity contribution >= 4 is 10.0 Å². The molecule has 0 radical (unpaired) electrons. The maximum Gasteiger partial charge on any atom is 0.240 e. The fourth-order valence-electron chi connectivity index (χ4n) is 1.70. The van der Waals surface area contributed by atoms with E-state index in [0.29, 0.717) is 12.0 Å². The van der Waals surface area contributed by atoms with Crippen LogP contribution in [-0.4, -0.2) is 25.7 Å². The lowest BCUT2D eigenvalue weighted by atomic mass is 10.0. The van der Waals surface area contributed by atoms with Crippen LogP contribution < -0.4 is 4.72 Å². The van der Waals surface area contributed by atoms with Gasteiger partial charge in [-0.15, -0.1) is 0 Å². The molecule has 0 bridgehead atoms. The predicted octanol–water partition coefficient (Wildman–Crippen LogP) is 1.96. The average molecular weight is 289 g/mol. The van der Waals surface area contributed by atoms with E-state index in [1.165, 1.54) is 12.1 Å². The zero-order valence-corrected chi connectivity index (χ0v) is 12.2. The molecule has 108 valence electrons. The fourth-order valence-corrected chi connectivity index (χ4v) is 2.87. The smallest absolute Gasteiger partial charge is 0.240 e. The van der Waals surface area contributed by atoms with Crippen LogP contribution in [-0.2, 0) is 10.0 Å². The van der Waals surface area contributed by atoms with E-state index in [4.69, 9.17) is 0 Å². The third-order valence-electron chi connectivity index (χ3n) is 2.89. The number of nitrogens with one attached hydrogen (secondary N) is 1. The zero-order valence-electron chi connectivity index (χ0n) is 11.4. The van der Waals surface area contributed by atoms with Gasteiger partial charge in [-0.25, -0.2) is 17.5 Å². The van der Waals surface area contributed by atoms with Crippen molar-refractivity contribution in [3.8, 4) is 0 Å². The normalized spacial score (nSPS) is 15.2. The van der Waals surface area contributed by atoms with E-state index in [-0.39, 0.29) is 11.4 Å². The molecular formula is C13H20FNO3S. The molecule has 0 fully saturated rings. The van der Waals surface area contributed by atoms with Gasteiger partial charge in [0.05, 0.1) is 10.5 Å². The first-order chi connectivity index (χ1) is 8.68. The molecule has 1 rings (SSSR count). The van der Waals surface area contributed by atoms with Crippen molar-refractivity contribution in [2.75, 3.05) is 6.54 Å². The van der Waals surface area contributed by atoms with Crippen LogP contribution in [0.1, 0.15) is 32.3 Å². The highest BCUT2D eigenvalue weighted by atomic mass is 32.2. The Morgan fingerprint density at radius 2 is 2.05 bits per heavy atom. The monoisotopic (exact) mass is 289 g/mol. The first kappa shape index (κ1) is 16.1. The minimum Gasteiger partial charge on any atom is -0.389 e. The summed E-state index contributed by atoms with van der Waals surface area (Å²) in [5.74, 6) is -0.566. The molecule has 0 saturated heterocycles. The van der Waals surface area contributed by atoms with Crippen LogP contribution >= 0.6 is 0 Å². The number of aryl methyl sites for hydroxylation is 1. The first-order valence-corrected chi connectivity index (χ1v) is 7.64. The van der Waals surface area contributed by atoms with E-state index in [2.05, 4.69) is 4.72 Å². The van der Waals surface area contributed by atoms with Gasteiger partial charge in [0, 0.05) is 6.54 Å². The minimum absolute atomic E-state index is 0.0985. The summed E-state index contributed by atoms with van der Waals surface area (Å²) in [5.41, 5.74) is -0.720. The van der Waals surface area contributed by atoms with E-state index in [0.717, 1.165) is 12.5 Å². The highest BCUT2D eigenvalue weighted by Gasteiger charge is 2.23. The Bertz CT molecular complexity index is 541. The standard InChI is InChI=1S/C13H20FNO3S/c1-4-7-13(3,16)9-15-19(17,18)11-6-5-10(2)12(14)8-11/h5-6,8,15-16H,4,7,9H2,1-3H3. The van der Waals surface area contributed by atoms with Crippen molar-refractivity contribution < 1.29 is 17.9 Å². The van der Waals surface area contributed by atoms with Crippen LogP contribution in [0.2, 0.25) is 0 Å². The molecule has 0 spiro atoms. The number of aliphatic hydroxyl groups is 1. The molecule has 0 saturated carbocycles. The van der Waals surface area contributed by atoms with Gasteiger partial charge in [0.25, 0.3) is 0 Å². The Labute approximate surface area is 113 Å². The van der Waals surface area contributed by atoms with Crippen LogP contribution in [0.5, 0.6) is 0 Å². The Hall–Kier alpha value is -0.980. The van der Waals surface area contributed by atoms with Gasteiger partial charge in [-0.3, -0.25) is 0 Å². The van der Waals surface area contributed by atoms with Crippen LogP contribution in [0.3, 0.4) is 0 Å². The van der Waals surface area contributed by atoms with Crippen molar-refractivity contribution in [1.82, 2.24) is 4.72 Å². The summed E-state index contributed by atoms with van der Waals surface area (Å²) in [4.78, 5) is -0.136. The number of rotatable bonds is 6. The Balaban J connectivity index is 2.84. The van der Waals surface area contributed by atoms with Crippen LogP contribution in [0.15, 0.2) is 23.1 Å². The summed E-state index contributed by atoms with van der Waals surface area (Å²) in [6.45, 7) is 4.93. The third kappa shape index (κ3) is 4.56. The van der Waals surface area contributed by atoms with E-state index < -0.39 is 21.4 Å². The van der Waals surface area contributed by atoms with Crippen molar-refractivity contribution in [2.24, 2.45) is 0 Å². The van der Waals surface area contributed by atoms with Crippen molar-refractivity contribution in [2.45, 2.75) is 44.1 Å². The molecule has 1 atom stereocenters. The van der Waals surface area contributed by atoms with Gasteiger partial charge >= 0.3 is 0 Å². The SMILES string of the molecule is CCCC(C)(O)CNS(=O)(=O)c1ccc(C)c(F)c1. The van der Waals surface area contributed by atoms with Crippen molar-refractivity contribution in [1.29, 1.82) is 0 Å². The molecule has 0 aliphatic heterocycles. The van der Waals surface area contributed by atoms with Gasteiger partial charge in [-0.1, -0.05) is 19.4 Å². The van der Waals surface area contributed by atoms with Gasteiger partial charge < -0.3 is 5.11 Å². The molecule has 0 aliphatic rings. The fraction of sp³-hybridized carbons (Fsp3) is 0.538.